The summed E-state index contributed by atoms with van der Waals surface area (Å²) in [5, 5.41) is 11.3. The Balaban J connectivity index is 2.34. The monoisotopic (exact) mass is 306 g/mol. The maximum Gasteiger partial charge on any atom is 0.310 e. The van der Waals surface area contributed by atoms with Gasteiger partial charge < -0.3 is 14.4 Å². The molecule has 7 nitrogen and oxygen atoms in total. The van der Waals surface area contributed by atoms with Crippen molar-refractivity contribution in [3.63, 3.8) is 0 Å². The van der Waals surface area contributed by atoms with Gasteiger partial charge in [0.05, 0.1) is 15.4 Å². The number of carboxylic acid groups (broad SMARTS) is 1. The van der Waals surface area contributed by atoms with E-state index in [1.165, 1.54) is 0 Å². The molecule has 5 unspecified atom stereocenters. The fourth-order valence-corrected chi connectivity index (χ4v) is 4.83. The van der Waals surface area contributed by atoms with Crippen molar-refractivity contribution in [2.24, 2.45) is 17.8 Å². The highest BCUT2D eigenvalue weighted by Gasteiger charge is 2.50. The molecule has 0 bridgehead atoms. The fourth-order valence-electron chi connectivity index (χ4n) is 3.60. The minimum Gasteiger partial charge on any atom is -0.748 e. The third kappa shape index (κ3) is 2.98. The van der Waals surface area contributed by atoms with E-state index in [1.54, 1.807) is 6.92 Å². The van der Waals surface area contributed by atoms with Crippen LogP contribution >= 0.6 is 0 Å². The molecule has 1 aliphatic heterocycles. The second-order valence-electron chi connectivity index (χ2n) is 5.45. The second kappa shape index (κ2) is 5.97. The van der Waals surface area contributed by atoms with Crippen LogP contribution in [0.1, 0.15) is 26.2 Å². The molecule has 2 N–H and O–H groups in total. The van der Waals surface area contributed by atoms with E-state index in [-0.39, 0.29) is 12.3 Å². The van der Waals surface area contributed by atoms with E-state index in [9.17, 15) is 22.9 Å². The van der Waals surface area contributed by atoms with E-state index in [0.717, 1.165) is 6.42 Å². The molecule has 0 radical (unpaired) electrons. The van der Waals surface area contributed by atoms with Gasteiger partial charge >= 0.3 is 5.97 Å². The highest BCUT2D eigenvalue weighted by atomic mass is 32.2. The molecule has 1 saturated heterocycles. The van der Waals surface area contributed by atoms with Gasteiger partial charge in [-0.05, 0) is 31.6 Å². The van der Waals surface area contributed by atoms with Crippen molar-refractivity contribution < 1.29 is 27.6 Å². The molecule has 5 atom stereocenters. The maximum atomic E-state index is 11.6. The molecule has 0 spiro atoms. The molecule has 2 aliphatic rings. The summed E-state index contributed by atoms with van der Waals surface area (Å²) in [5.41, 5.74) is 0. The van der Waals surface area contributed by atoms with Crippen molar-refractivity contribution in [3.8, 4) is 0 Å². The minimum atomic E-state index is -4.50. The first kappa shape index (κ1) is 15.7. The van der Waals surface area contributed by atoms with Gasteiger partial charge in [-0.2, -0.15) is 0 Å². The molecule has 0 aromatic carbocycles. The predicted octanol–water partition coefficient (Wildman–Crippen LogP) is -0.0169. The van der Waals surface area contributed by atoms with E-state index in [2.05, 4.69) is 5.32 Å². The zero-order valence-electron chi connectivity index (χ0n) is 11.3. The topological polar surface area (TPSA) is 116 Å². The lowest BCUT2D eigenvalue weighted by atomic mass is 9.69. The lowest BCUT2D eigenvalue weighted by Gasteiger charge is -2.48. The zero-order chi connectivity index (χ0) is 14.9. The standard InChI is InChI=1S/C12H21NO6S/c1-2-19-11-10(12(14)15)9-7(6-13-11)4-3-5-8(9)20(16,17)18/h7-11,13H,2-6H2,1H3,(H,14,15)(H,16,17,18)/p-1. The Hall–Kier alpha value is -0.700. The summed E-state index contributed by atoms with van der Waals surface area (Å²) in [6.45, 7) is 2.56. The smallest absolute Gasteiger partial charge is 0.310 e. The normalized spacial score (nSPS) is 38.2. The van der Waals surface area contributed by atoms with E-state index >= 15 is 0 Å². The maximum absolute atomic E-state index is 11.6. The lowest BCUT2D eigenvalue weighted by molar-refractivity contribution is -0.159. The summed E-state index contributed by atoms with van der Waals surface area (Å²) in [6.07, 6.45) is 0.892. The van der Waals surface area contributed by atoms with Crippen LogP contribution in [0.25, 0.3) is 0 Å². The van der Waals surface area contributed by atoms with Crippen LogP contribution < -0.4 is 5.32 Å². The Morgan fingerprint density at radius 2 is 2.15 bits per heavy atom. The zero-order valence-corrected chi connectivity index (χ0v) is 12.1. The first-order valence-corrected chi connectivity index (χ1v) is 8.36. The lowest BCUT2D eigenvalue weighted by Crippen LogP contribution is -2.60. The summed E-state index contributed by atoms with van der Waals surface area (Å²) in [5.74, 6) is -2.87. The quantitative estimate of drug-likeness (QED) is 0.701. The molecular weight excluding hydrogens is 286 g/mol. The van der Waals surface area contributed by atoms with Gasteiger partial charge in [0.15, 0.2) is 0 Å². The highest BCUT2D eigenvalue weighted by molar-refractivity contribution is 7.86. The number of fused-ring (bicyclic) bond motifs is 1. The Kier molecular flexibility index (Phi) is 4.68. The molecule has 0 aromatic rings. The molecule has 1 aliphatic carbocycles. The Labute approximate surface area is 118 Å². The summed E-state index contributed by atoms with van der Waals surface area (Å²) < 4.78 is 39.8. The number of hydrogen-bond acceptors (Lipinski definition) is 6. The van der Waals surface area contributed by atoms with Gasteiger partial charge in [-0.3, -0.25) is 10.1 Å². The largest absolute Gasteiger partial charge is 0.748 e. The van der Waals surface area contributed by atoms with Gasteiger partial charge in [0, 0.05) is 13.2 Å². The van der Waals surface area contributed by atoms with Crippen LogP contribution in [0.4, 0.5) is 0 Å². The number of aliphatic carboxylic acids is 1. The summed E-state index contributed by atoms with van der Waals surface area (Å²) >= 11 is 0. The van der Waals surface area contributed by atoms with Gasteiger partial charge in [-0.1, -0.05) is 6.42 Å². The van der Waals surface area contributed by atoms with Crippen LogP contribution in [0.5, 0.6) is 0 Å². The second-order valence-corrected chi connectivity index (χ2v) is 7.04. The number of piperidine rings is 1. The van der Waals surface area contributed by atoms with E-state index < -0.39 is 39.4 Å². The summed E-state index contributed by atoms with van der Waals surface area (Å²) in [4.78, 5) is 11.6. The third-order valence-electron chi connectivity index (χ3n) is 4.36. The van der Waals surface area contributed by atoms with Crippen molar-refractivity contribution in [1.82, 2.24) is 5.32 Å². The number of rotatable bonds is 4. The molecule has 1 saturated carbocycles. The predicted molar refractivity (Wildman–Crippen MR) is 68.9 cm³/mol. The third-order valence-corrected chi connectivity index (χ3v) is 5.65. The molecular formula is C12H20NO6S-. The molecule has 0 aromatic heterocycles. The van der Waals surface area contributed by atoms with Crippen molar-refractivity contribution in [1.29, 1.82) is 0 Å². The van der Waals surface area contributed by atoms with Crippen LogP contribution in [0.15, 0.2) is 0 Å². The Morgan fingerprint density at radius 3 is 2.70 bits per heavy atom. The Bertz CT molecular complexity index is 465. The van der Waals surface area contributed by atoms with Crippen LogP contribution in [0, 0.1) is 17.8 Å². The van der Waals surface area contributed by atoms with Gasteiger partial charge in [0.2, 0.25) is 0 Å². The van der Waals surface area contributed by atoms with Gasteiger partial charge in [0.1, 0.15) is 12.1 Å². The molecule has 2 fully saturated rings. The van der Waals surface area contributed by atoms with Gasteiger partial charge in [0.25, 0.3) is 0 Å². The van der Waals surface area contributed by atoms with Crippen LogP contribution in [-0.4, -0.2) is 48.7 Å². The van der Waals surface area contributed by atoms with Crippen LogP contribution in [0.3, 0.4) is 0 Å². The molecule has 1 heterocycles. The summed E-state index contributed by atoms with van der Waals surface area (Å²) in [6, 6.07) is 0. The van der Waals surface area contributed by atoms with Crippen molar-refractivity contribution in [2.45, 2.75) is 37.7 Å². The number of ether oxygens (including phenoxy) is 1. The van der Waals surface area contributed by atoms with E-state index in [1.807, 2.05) is 0 Å². The molecule has 116 valence electrons. The Morgan fingerprint density at radius 1 is 1.45 bits per heavy atom. The van der Waals surface area contributed by atoms with Gasteiger partial charge in [-0.15, -0.1) is 0 Å². The van der Waals surface area contributed by atoms with Gasteiger partial charge in [-0.25, -0.2) is 8.42 Å². The van der Waals surface area contributed by atoms with E-state index in [4.69, 9.17) is 4.74 Å². The number of carbonyl (C=O) groups is 1. The van der Waals surface area contributed by atoms with Crippen LogP contribution in [0.2, 0.25) is 0 Å². The molecule has 2 rings (SSSR count). The number of carboxylic acids is 1. The molecule has 20 heavy (non-hydrogen) atoms. The molecule has 0 amide bonds. The SMILES string of the molecule is CCOC1NCC2CCCC(S(=O)(=O)[O-])C2C1C(=O)O. The average Bonchev–Trinajstić information content (AvgIpc) is 2.36. The first-order chi connectivity index (χ1) is 9.36. The molecule has 8 heteroatoms. The van der Waals surface area contributed by atoms with E-state index in [0.29, 0.717) is 19.6 Å². The highest BCUT2D eigenvalue weighted by Crippen LogP contribution is 2.42. The minimum absolute atomic E-state index is 0.102. The fraction of sp³-hybridized carbons (Fsp3) is 0.917. The summed E-state index contributed by atoms with van der Waals surface area (Å²) in [7, 11) is -4.50. The van der Waals surface area contributed by atoms with Crippen LogP contribution in [-0.2, 0) is 19.6 Å². The average molecular weight is 306 g/mol. The van der Waals surface area contributed by atoms with Crippen molar-refractivity contribution in [3.05, 3.63) is 0 Å². The number of nitrogens with one attached hydrogen (secondary N) is 1. The first-order valence-electron chi connectivity index (χ1n) is 6.88. The number of hydrogen-bond donors (Lipinski definition) is 2. The van der Waals surface area contributed by atoms with Crippen molar-refractivity contribution >= 4 is 16.1 Å². The van der Waals surface area contributed by atoms with Crippen molar-refractivity contribution in [2.75, 3.05) is 13.2 Å².